The molecular weight excluding hydrogens is 216 g/mol. The molecule has 0 heterocycles. The molecule has 1 aliphatic rings. The molecule has 0 bridgehead atoms. The Morgan fingerprint density at radius 3 is 2.29 bits per heavy atom. The van der Waals surface area contributed by atoms with Crippen LogP contribution in [0, 0.1) is 11.8 Å². The highest BCUT2D eigenvalue weighted by atomic mass is 16.5. The SMILES string of the molecule is COc1cc2c(cc1OC)C(=O)[C@H](C)[C@H](C)C2. The van der Waals surface area contributed by atoms with Gasteiger partial charge >= 0.3 is 0 Å². The molecule has 3 heteroatoms. The number of ketones is 1. The minimum Gasteiger partial charge on any atom is -0.493 e. The zero-order chi connectivity index (χ0) is 12.6. The number of Topliss-reactive ketones (excluding diaryl/α,β-unsaturated/α-hetero) is 1. The van der Waals surface area contributed by atoms with Gasteiger partial charge in [0.25, 0.3) is 0 Å². The van der Waals surface area contributed by atoms with E-state index in [9.17, 15) is 4.79 Å². The molecule has 2 rings (SSSR count). The molecule has 1 aliphatic carbocycles. The van der Waals surface area contributed by atoms with Crippen LogP contribution in [0.4, 0.5) is 0 Å². The maximum atomic E-state index is 12.2. The molecule has 0 amide bonds. The summed E-state index contributed by atoms with van der Waals surface area (Å²) in [5, 5.41) is 0. The first-order chi connectivity index (χ1) is 8.08. The zero-order valence-corrected chi connectivity index (χ0v) is 10.7. The van der Waals surface area contributed by atoms with E-state index < -0.39 is 0 Å². The van der Waals surface area contributed by atoms with Gasteiger partial charge in [0.15, 0.2) is 17.3 Å². The van der Waals surface area contributed by atoms with Crippen molar-refractivity contribution in [2.75, 3.05) is 14.2 Å². The predicted octanol–water partition coefficient (Wildman–Crippen LogP) is 2.71. The molecule has 0 saturated carbocycles. The third-order valence-electron chi connectivity index (χ3n) is 3.68. The summed E-state index contributed by atoms with van der Waals surface area (Å²) in [4.78, 5) is 12.2. The van der Waals surface area contributed by atoms with Crippen molar-refractivity contribution in [1.82, 2.24) is 0 Å². The lowest BCUT2D eigenvalue weighted by molar-refractivity contribution is 0.0876. The van der Waals surface area contributed by atoms with Crippen LogP contribution in [0.5, 0.6) is 11.5 Å². The van der Waals surface area contributed by atoms with Crippen molar-refractivity contribution >= 4 is 5.78 Å². The molecule has 0 aliphatic heterocycles. The molecule has 1 aromatic carbocycles. The lowest BCUT2D eigenvalue weighted by atomic mass is 9.77. The van der Waals surface area contributed by atoms with E-state index >= 15 is 0 Å². The Morgan fingerprint density at radius 1 is 1.12 bits per heavy atom. The van der Waals surface area contributed by atoms with Crippen molar-refractivity contribution in [2.24, 2.45) is 11.8 Å². The van der Waals surface area contributed by atoms with Crippen LogP contribution in [0.1, 0.15) is 29.8 Å². The maximum absolute atomic E-state index is 12.2. The van der Waals surface area contributed by atoms with Gasteiger partial charge in [-0.05, 0) is 30.0 Å². The quantitative estimate of drug-likeness (QED) is 0.789. The van der Waals surface area contributed by atoms with Crippen LogP contribution in [-0.4, -0.2) is 20.0 Å². The molecule has 92 valence electrons. The van der Waals surface area contributed by atoms with Crippen molar-refractivity contribution in [2.45, 2.75) is 20.3 Å². The Hall–Kier alpha value is -1.51. The number of hydrogen-bond acceptors (Lipinski definition) is 3. The Balaban J connectivity index is 2.54. The molecule has 0 aromatic heterocycles. The number of carbonyl (C=O) groups is 1. The molecule has 2 atom stereocenters. The first-order valence-electron chi connectivity index (χ1n) is 5.87. The van der Waals surface area contributed by atoms with Crippen LogP contribution in [0.2, 0.25) is 0 Å². The van der Waals surface area contributed by atoms with E-state index in [1.807, 2.05) is 13.0 Å². The maximum Gasteiger partial charge on any atom is 0.166 e. The Labute approximate surface area is 102 Å². The minimum atomic E-state index is 0.0839. The monoisotopic (exact) mass is 234 g/mol. The van der Waals surface area contributed by atoms with E-state index in [1.165, 1.54) is 0 Å². The lowest BCUT2D eigenvalue weighted by Gasteiger charge is -2.27. The minimum absolute atomic E-state index is 0.0839. The fourth-order valence-corrected chi connectivity index (χ4v) is 2.35. The second-order valence-electron chi connectivity index (χ2n) is 4.70. The van der Waals surface area contributed by atoms with Crippen LogP contribution in [0.3, 0.4) is 0 Å². The van der Waals surface area contributed by atoms with E-state index in [1.54, 1.807) is 20.3 Å². The predicted molar refractivity (Wildman–Crippen MR) is 65.9 cm³/mol. The Bertz CT molecular complexity index is 451. The first-order valence-corrected chi connectivity index (χ1v) is 5.87. The van der Waals surface area contributed by atoms with Gasteiger partial charge in [0.2, 0.25) is 0 Å². The van der Waals surface area contributed by atoms with Gasteiger partial charge in [-0.1, -0.05) is 13.8 Å². The number of fused-ring (bicyclic) bond motifs is 1. The van der Waals surface area contributed by atoms with Crippen LogP contribution in [-0.2, 0) is 6.42 Å². The average molecular weight is 234 g/mol. The Kier molecular flexibility index (Phi) is 3.09. The van der Waals surface area contributed by atoms with Gasteiger partial charge in [-0.3, -0.25) is 4.79 Å². The van der Waals surface area contributed by atoms with Crippen LogP contribution in [0.15, 0.2) is 12.1 Å². The average Bonchev–Trinajstić information content (AvgIpc) is 2.34. The summed E-state index contributed by atoms with van der Waals surface area (Å²) in [6.07, 6.45) is 0.919. The second kappa shape index (κ2) is 4.40. The molecule has 0 N–H and O–H groups in total. The van der Waals surface area contributed by atoms with Gasteiger partial charge in [0, 0.05) is 11.5 Å². The van der Waals surface area contributed by atoms with Crippen LogP contribution < -0.4 is 9.47 Å². The van der Waals surface area contributed by atoms with Gasteiger partial charge in [0.1, 0.15) is 0 Å². The topological polar surface area (TPSA) is 35.5 Å². The number of rotatable bonds is 2. The summed E-state index contributed by atoms with van der Waals surface area (Å²) in [7, 11) is 3.20. The molecule has 0 spiro atoms. The molecule has 17 heavy (non-hydrogen) atoms. The van der Waals surface area contributed by atoms with Crippen molar-refractivity contribution in [1.29, 1.82) is 0 Å². The normalized spacial score (nSPS) is 23.2. The van der Waals surface area contributed by atoms with Crippen molar-refractivity contribution in [3.63, 3.8) is 0 Å². The van der Waals surface area contributed by atoms with E-state index in [0.717, 1.165) is 17.5 Å². The molecular formula is C14H18O3. The highest BCUT2D eigenvalue weighted by Gasteiger charge is 2.30. The van der Waals surface area contributed by atoms with Gasteiger partial charge < -0.3 is 9.47 Å². The van der Waals surface area contributed by atoms with Gasteiger partial charge in [-0.15, -0.1) is 0 Å². The summed E-state index contributed by atoms with van der Waals surface area (Å²) in [5.74, 6) is 2.00. The largest absolute Gasteiger partial charge is 0.493 e. The van der Waals surface area contributed by atoms with E-state index in [4.69, 9.17) is 9.47 Å². The van der Waals surface area contributed by atoms with Crippen molar-refractivity contribution in [3.05, 3.63) is 23.3 Å². The highest BCUT2D eigenvalue weighted by molar-refractivity contribution is 6.00. The molecule has 0 radical (unpaired) electrons. The van der Waals surface area contributed by atoms with Gasteiger partial charge in [0.05, 0.1) is 14.2 Å². The van der Waals surface area contributed by atoms with Crippen LogP contribution >= 0.6 is 0 Å². The Morgan fingerprint density at radius 2 is 1.71 bits per heavy atom. The standard InChI is InChI=1S/C14H18O3/c1-8-5-10-6-12(16-3)13(17-4)7-11(10)14(15)9(8)2/h6-9H,5H2,1-4H3/t8-,9-/m1/s1. The summed E-state index contributed by atoms with van der Waals surface area (Å²) in [6, 6.07) is 3.73. The number of methoxy groups -OCH3 is 2. The fourth-order valence-electron chi connectivity index (χ4n) is 2.35. The fraction of sp³-hybridized carbons (Fsp3) is 0.500. The third-order valence-corrected chi connectivity index (χ3v) is 3.68. The summed E-state index contributed by atoms with van der Waals surface area (Å²) in [5.41, 5.74) is 1.85. The molecule has 0 unspecified atom stereocenters. The molecule has 0 fully saturated rings. The number of ether oxygens (including phenoxy) is 2. The number of hydrogen-bond donors (Lipinski definition) is 0. The second-order valence-corrected chi connectivity index (χ2v) is 4.70. The number of carbonyl (C=O) groups excluding carboxylic acids is 1. The van der Waals surface area contributed by atoms with E-state index in [-0.39, 0.29) is 11.7 Å². The van der Waals surface area contributed by atoms with E-state index in [0.29, 0.717) is 17.4 Å². The molecule has 3 nitrogen and oxygen atoms in total. The van der Waals surface area contributed by atoms with Crippen molar-refractivity contribution < 1.29 is 14.3 Å². The lowest BCUT2D eigenvalue weighted by Crippen LogP contribution is -2.27. The van der Waals surface area contributed by atoms with Gasteiger partial charge in [-0.25, -0.2) is 0 Å². The molecule has 0 saturated heterocycles. The summed E-state index contributed by atoms with van der Waals surface area (Å²) >= 11 is 0. The number of benzene rings is 1. The van der Waals surface area contributed by atoms with E-state index in [2.05, 4.69) is 6.92 Å². The zero-order valence-electron chi connectivity index (χ0n) is 10.7. The first kappa shape index (κ1) is 12.0. The summed E-state index contributed by atoms with van der Waals surface area (Å²) < 4.78 is 10.5. The highest BCUT2D eigenvalue weighted by Crippen LogP contribution is 2.37. The summed E-state index contributed by atoms with van der Waals surface area (Å²) in [6.45, 7) is 4.11. The van der Waals surface area contributed by atoms with Gasteiger partial charge in [-0.2, -0.15) is 0 Å². The van der Waals surface area contributed by atoms with Crippen LogP contribution in [0.25, 0.3) is 0 Å². The smallest absolute Gasteiger partial charge is 0.166 e. The van der Waals surface area contributed by atoms with Crippen molar-refractivity contribution in [3.8, 4) is 11.5 Å². The third kappa shape index (κ3) is 1.90. The molecule has 1 aromatic rings.